The second-order valence-corrected chi connectivity index (χ2v) is 2.09. The lowest BCUT2D eigenvalue weighted by atomic mass is 10.4. The van der Waals surface area contributed by atoms with Gasteiger partial charge in [0.25, 0.3) is 0 Å². The normalized spacial score (nSPS) is 10.6. The molecule has 0 bridgehead atoms. The van der Waals surface area contributed by atoms with Crippen LogP contribution in [0.5, 0.6) is 0 Å². The fraction of sp³-hybridized carbons (Fsp3) is 0.250. The molecular weight excluding hydrogens is 140 g/mol. The third-order valence-electron chi connectivity index (χ3n) is 1.33. The number of aldehydes is 1. The first-order chi connectivity index (χ1) is 5.36. The molecule has 1 rings (SSSR count). The van der Waals surface area contributed by atoms with Crippen molar-refractivity contribution in [3.05, 3.63) is 24.0 Å². The maximum absolute atomic E-state index is 9.93. The number of aryl methyl sites for hydroxylation is 1. The Labute approximate surface area is 65.3 Å². The summed E-state index contributed by atoms with van der Waals surface area (Å²) in [7, 11) is 0. The lowest BCUT2D eigenvalue weighted by Gasteiger charge is -1.89. The van der Waals surface area contributed by atoms with Crippen molar-refractivity contribution in [2.45, 2.75) is 13.5 Å². The minimum Gasteiger partial charge on any atom is -0.299 e. The Balaban J connectivity index is 2.72. The molecule has 0 unspecified atom stereocenters. The SMILES string of the molecule is CCn1ccc(/C=C/C=O)n1. The van der Waals surface area contributed by atoms with Crippen LogP contribution < -0.4 is 0 Å². The van der Waals surface area contributed by atoms with Gasteiger partial charge in [0.1, 0.15) is 6.29 Å². The molecule has 1 aromatic heterocycles. The van der Waals surface area contributed by atoms with Gasteiger partial charge in [0, 0.05) is 12.7 Å². The van der Waals surface area contributed by atoms with E-state index in [4.69, 9.17) is 0 Å². The second kappa shape index (κ2) is 3.71. The number of aromatic nitrogens is 2. The highest BCUT2D eigenvalue weighted by atomic mass is 16.1. The molecule has 0 aliphatic carbocycles. The highest BCUT2D eigenvalue weighted by Crippen LogP contribution is 1.96. The highest BCUT2D eigenvalue weighted by Gasteiger charge is 1.90. The fourth-order valence-electron chi connectivity index (χ4n) is 0.780. The maximum atomic E-state index is 9.93. The van der Waals surface area contributed by atoms with Gasteiger partial charge >= 0.3 is 0 Å². The van der Waals surface area contributed by atoms with E-state index in [-0.39, 0.29) is 0 Å². The van der Waals surface area contributed by atoms with Crippen LogP contribution in [-0.2, 0) is 11.3 Å². The predicted octanol–water partition coefficient (Wildman–Crippen LogP) is 1.12. The fourth-order valence-corrected chi connectivity index (χ4v) is 0.780. The molecule has 1 heterocycles. The summed E-state index contributed by atoms with van der Waals surface area (Å²) in [4.78, 5) is 9.93. The van der Waals surface area contributed by atoms with Gasteiger partial charge in [-0.25, -0.2) is 0 Å². The summed E-state index contributed by atoms with van der Waals surface area (Å²) >= 11 is 0. The number of allylic oxidation sites excluding steroid dienone is 1. The van der Waals surface area contributed by atoms with Crippen LogP contribution in [0.15, 0.2) is 18.3 Å². The average molecular weight is 150 g/mol. The van der Waals surface area contributed by atoms with Gasteiger partial charge in [0.2, 0.25) is 0 Å². The molecule has 0 fully saturated rings. The Morgan fingerprint density at radius 1 is 1.73 bits per heavy atom. The van der Waals surface area contributed by atoms with Crippen LogP contribution in [0.2, 0.25) is 0 Å². The van der Waals surface area contributed by atoms with Crippen molar-refractivity contribution >= 4 is 12.4 Å². The Kier molecular flexibility index (Phi) is 2.60. The Bertz CT molecular complexity index is 263. The summed E-state index contributed by atoms with van der Waals surface area (Å²) in [5, 5.41) is 4.14. The molecule has 0 saturated heterocycles. The summed E-state index contributed by atoms with van der Waals surface area (Å²) in [5.74, 6) is 0. The second-order valence-electron chi connectivity index (χ2n) is 2.09. The molecule has 0 saturated carbocycles. The Hall–Kier alpha value is -1.38. The molecule has 0 N–H and O–H groups in total. The van der Waals surface area contributed by atoms with E-state index >= 15 is 0 Å². The van der Waals surface area contributed by atoms with Crippen LogP contribution >= 0.6 is 0 Å². The number of rotatable bonds is 3. The molecule has 58 valence electrons. The molecular formula is C8H10N2O. The van der Waals surface area contributed by atoms with Crippen LogP contribution in [0, 0.1) is 0 Å². The van der Waals surface area contributed by atoms with Gasteiger partial charge in [-0.2, -0.15) is 5.10 Å². The molecule has 0 aromatic carbocycles. The van der Waals surface area contributed by atoms with Gasteiger partial charge in [-0.3, -0.25) is 9.48 Å². The van der Waals surface area contributed by atoms with Crippen LogP contribution in [0.1, 0.15) is 12.6 Å². The van der Waals surface area contributed by atoms with Gasteiger partial charge in [0.15, 0.2) is 0 Å². The Morgan fingerprint density at radius 2 is 2.55 bits per heavy atom. The van der Waals surface area contributed by atoms with Crippen LogP contribution in [0.3, 0.4) is 0 Å². The van der Waals surface area contributed by atoms with Crippen molar-refractivity contribution in [1.82, 2.24) is 9.78 Å². The smallest absolute Gasteiger partial charge is 0.142 e. The van der Waals surface area contributed by atoms with Crippen molar-refractivity contribution in [3.8, 4) is 0 Å². The summed E-state index contributed by atoms with van der Waals surface area (Å²) in [6.45, 7) is 2.87. The largest absolute Gasteiger partial charge is 0.299 e. The Morgan fingerprint density at radius 3 is 3.09 bits per heavy atom. The third-order valence-corrected chi connectivity index (χ3v) is 1.33. The van der Waals surface area contributed by atoms with Crippen molar-refractivity contribution in [2.75, 3.05) is 0 Å². The van der Waals surface area contributed by atoms with Crippen LogP contribution in [0.25, 0.3) is 6.08 Å². The number of hydrogen-bond donors (Lipinski definition) is 0. The van der Waals surface area contributed by atoms with Gasteiger partial charge in [-0.15, -0.1) is 0 Å². The van der Waals surface area contributed by atoms with Crippen molar-refractivity contribution < 1.29 is 4.79 Å². The van der Waals surface area contributed by atoms with Crippen LogP contribution in [0.4, 0.5) is 0 Å². The minimum absolute atomic E-state index is 0.741. The van der Waals surface area contributed by atoms with E-state index in [0.29, 0.717) is 0 Å². The van der Waals surface area contributed by atoms with Gasteiger partial charge in [-0.05, 0) is 25.1 Å². The van der Waals surface area contributed by atoms with E-state index in [0.717, 1.165) is 18.5 Å². The molecule has 11 heavy (non-hydrogen) atoms. The summed E-state index contributed by atoms with van der Waals surface area (Å²) in [6.07, 6.45) is 5.73. The average Bonchev–Trinajstić information content (AvgIpc) is 2.48. The number of carbonyl (C=O) groups is 1. The first-order valence-electron chi connectivity index (χ1n) is 3.52. The quantitative estimate of drug-likeness (QED) is 0.478. The van der Waals surface area contributed by atoms with Crippen molar-refractivity contribution in [3.63, 3.8) is 0 Å². The van der Waals surface area contributed by atoms with Gasteiger partial charge < -0.3 is 0 Å². The number of carbonyl (C=O) groups excluding carboxylic acids is 1. The maximum Gasteiger partial charge on any atom is 0.142 e. The van der Waals surface area contributed by atoms with E-state index in [9.17, 15) is 4.79 Å². The van der Waals surface area contributed by atoms with E-state index in [2.05, 4.69) is 5.10 Å². The molecule has 1 aromatic rings. The zero-order valence-corrected chi connectivity index (χ0v) is 6.40. The van der Waals surface area contributed by atoms with E-state index < -0.39 is 0 Å². The van der Waals surface area contributed by atoms with E-state index in [1.807, 2.05) is 23.9 Å². The van der Waals surface area contributed by atoms with E-state index in [1.54, 1.807) is 6.08 Å². The van der Waals surface area contributed by atoms with Crippen molar-refractivity contribution in [1.29, 1.82) is 0 Å². The topological polar surface area (TPSA) is 34.9 Å². The monoisotopic (exact) mass is 150 g/mol. The molecule has 0 spiro atoms. The van der Waals surface area contributed by atoms with Gasteiger partial charge in [0.05, 0.1) is 5.69 Å². The first kappa shape index (κ1) is 7.72. The summed E-state index contributed by atoms with van der Waals surface area (Å²) in [5.41, 5.74) is 0.818. The molecule has 0 aliphatic heterocycles. The summed E-state index contributed by atoms with van der Waals surface area (Å²) < 4.78 is 1.81. The molecule has 0 radical (unpaired) electrons. The standard InChI is InChI=1S/C8H10N2O/c1-2-10-6-5-8(9-10)4-3-7-11/h3-7H,2H2,1H3/b4-3+. The third kappa shape index (κ3) is 2.04. The number of nitrogens with zero attached hydrogens (tertiary/aromatic N) is 2. The van der Waals surface area contributed by atoms with Crippen LogP contribution in [-0.4, -0.2) is 16.1 Å². The van der Waals surface area contributed by atoms with Crippen molar-refractivity contribution in [2.24, 2.45) is 0 Å². The first-order valence-corrected chi connectivity index (χ1v) is 3.52. The zero-order valence-electron chi connectivity index (χ0n) is 6.40. The zero-order chi connectivity index (χ0) is 8.10. The lowest BCUT2D eigenvalue weighted by Crippen LogP contribution is -1.93. The summed E-state index contributed by atoms with van der Waals surface area (Å²) in [6, 6.07) is 1.86. The van der Waals surface area contributed by atoms with E-state index in [1.165, 1.54) is 6.08 Å². The molecule has 0 atom stereocenters. The molecule has 3 heteroatoms. The molecule has 0 aliphatic rings. The highest BCUT2D eigenvalue weighted by molar-refractivity contribution is 5.72. The van der Waals surface area contributed by atoms with Gasteiger partial charge in [-0.1, -0.05) is 0 Å². The lowest BCUT2D eigenvalue weighted by molar-refractivity contribution is -0.104. The molecule has 3 nitrogen and oxygen atoms in total. The number of hydrogen-bond acceptors (Lipinski definition) is 2. The molecule has 0 amide bonds. The minimum atomic E-state index is 0.741. The predicted molar refractivity (Wildman–Crippen MR) is 43.0 cm³/mol.